The Morgan fingerprint density at radius 2 is 1.88 bits per heavy atom. The largest absolute Gasteiger partial charge is 0.495 e. The van der Waals surface area contributed by atoms with E-state index in [1.54, 1.807) is 31.4 Å². The van der Waals surface area contributed by atoms with Gasteiger partial charge in [0, 0.05) is 11.9 Å². The number of amides is 1. The zero-order valence-electron chi connectivity index (χ0n) is 13.9. The molecule has 0 aliphatic heterocycles. The second kappa shape index (κ2) is 7.77. The minimum atomic E-state index is -0.375. The molecule has 0 aliphatic rings. The van der Waals surface area contributed by atoms with E-state index in [-0.39, 0.29) is 17.5 Å². The van der Waals surface area contributed by atoms with Crippen LogP contribution in [0, 0.1) is 11.3 Å². The molecule has 26 heavy (non-hydrogen) atoms. The molecule has 0 atom stereocenters. The van der Waals surface area contributed by atoms with E-state index in [4.69, 9.17) is 10.00 Å². The van der Waals surface area contributed by atoms with Crippen molar-refractivity contribution in [1.29, 1.82) is 5.26 Å². The number of rotatable bonds is 5. The Hall–Kier alpha value is -3.92. The number of anilines is 3. The number of aromatic nitrogens is 2. The van der Waals surface area contributed by atoms with Crippen molar-refractivity contribution in [2.45, 2.75) is 0 Å². The lowest BCUT2D eigenvalue weighted by molar-refractivity contribution is 0.102. The van der Waals surface area contributed by atoms with E-state index in [1.807, 2.05) is 30.3 Å². The highest BCUT2D eigenvalue weighted by Crippen LogP contribution is 2.25. The Morgan fingerprint density at radius 1 is 1.12 bits per heavy atom. The fourth-order valence-corrected chi connectivity index (χ4v) is 2.24. The van der Waals surface area contributed by atoms with E-state index >= 15 is 0 Å². The van der Waals surface area contributed by atoms with Gasteiger partial charge in [-0.3, -0.25) is 4.79 Å². The van der Waals surface area contributed by atoms with E-state index in [9.17, 15) is 4.79 Å². The van der Waals surface area contributed by atoms with Crippen LogP contribution in [0.25, 0.3) is 0 Å². The number of hydrogen-bond donors (Lipinski definition) is 2. The van der Waals surface area contributed by atoms with Gasteiger partial charge in [0.2, 0.25) is 5.95 Å². The van der Waals surface area contributed by atoms with Gasteiger partial charge in [0.25, 0.3) is 5.91 Å². The van der Waals surface area contributed by atoms with E-state index in [0.717, 1.165) is 0 Å². The first-order chi connectivity index (χ1) is 12.7. The van der Waals surface area contributed by atoms with Gasteiger partial charge >= 0.3 is 0 Å². The zero-order valence-corrected chi connectivity index (χ0v) is 13.9. The molecule has 7 nitrogen and oxygen atoms in total. The molecular weight excluding hydrogens is 330 g/mol. The van der Waals surface area contributed by atoms with Gasteiger partial charge < -0.3 is 15.4 Å². The first-order valence-electron chi connectivity index (χ1n) is 7.74. The predicted molar refractivity (Wildman–Crippen MR) is 97.4 cm³/mol. The number of nitrogens with zero attached hydrogens (tertiary/aromatic N) is 3. The van der Waals surface area contributed by atoms with Crippen molar-refractivity contribution in [3.63, 3.8) is 0 Å². The number of hydrogen-bond acceptors (Lipinski definition) is 6. The van der Waals surface area contributed by atoms with Crippen molar-refractivity contribution in [1.82, 2.24) is 9.97 Å². The Bertz CT molecular complexity index is 964. The quantitative estimate of drug-likeness (QED) is 0.735. The molecule has 2 N–H and O–H groups in total. The van der Waals surface area contributed by atoms with Crippen molar-refractivity contribution in [3.05, 3.63) is 72.1 Å². The summed E-state index contributed by atoms with van der Waals surface area (Å²) in [5, 5.41) is 14.6. The second-order valence-corrected chi connectivity index (χ2v) is 5.23. The van der Waals surface area contributed by atoms with Crippen molar-refractivity contribution in [3.8, 4) is 11.8 Å². The van der Waals surface area contributed by atoms with Gasteiger partial charge in [0.05, 0.1) is 24.4 Å². The van der Waals surface area contributed by atoms with Crippen molar-refractivity contribution in [2.75, 3.05) is 17.7 Å². The van der Waals surface area contributed by atoms with E-state index in [2.05, 4.69) is 20.6 Å². The van der Waals surface area contributed by atoms with Gasteiger partial charge in [-0.2, -0.15) is 5.26 Å². The van der Waals surface area contributed by atoms with E-state index < -0.39 is 0 Å². The number of methoxy groups -OCH3 is 1. The van der Waals surface area contributed by atoms with Crippen LogP contribution in [0.4, 0.5) is 17.3 Å². The molecule has 3 aromatic rings. The number of ether oxygens (including phenoxy) is 1. The third kappa shape index (κ3) is 3.94. The molecule has 0 saturated carbocycles. The van der Waals surface area contributed by atoms with Crippen LogP contribution >= 0.6 is 0 Å². The minimum absolute atomic E-state index is 0.210. The summed E-state index contributed by atoms with van der Waals surface area (Å²) in [5.41, 5.74) is 2.00. The fraction of sp³-hybridized carbons (Fsp3) is 0.0526. The number of carbonyl (C=O) groups excluding carboxylic acids is 1. The summed E-state index contributed by atoms with van der Waals surface area (Å²) in [7, 11) is 1.57. The van der Waals surface area contributed by atoms with Crippen LogP contribution in [0.3, 0.4) is 0 Å². The first-order valence-corrected chi connectivity index (χ1v) is 7.74. The average molecular weight is 345 g/mol. The molecule has 0 saturated heterocycles. The molecule has 2 aromatic carbocycles. The molecular formula is C19H15N5O2. The van der Waals surface area contributed by atoms with E-state index in [1.165, 1.54) is 12.3 Å². The molecule has 0 spiro atoms. The van der Waals surface area contributed by atoms with E-state index in [0.29, 0.717) is 22.7 Å². The molecule has 0 bridgehead atoms. The summed E-state index contributed by atoms with van der Waals surface area (Å²) in [5.74, 6) is 0.547. The summed E-state index contributed by atoms with van der Waals surface area (Å²) in [6.45, 7) is 0. The molecule has 128 valence electrons. The standard InChI is InChI=1S/C19H15N5O2/c1-26-17-5-3-2-4-15(17)23-19-21-11-10-16(24-19)18(25)22-14-8-6-13(12-20)7-9-14/h2-11H,1H3,(H,22,25)(H,21,23,24). The van der Waals surface area contributed by atoms with Crippen molar-refractivity contribution < 1.29 is 9.53 Å². The maximum absolute atomic E-state index is 12.4. The monoisotopic (exact) mass is 345 g/mol. The first kappa shape index (κ1) is 16.9. The van der Waals surface area contributed by atoms with Crippen LogP contribution < -0.4 is 15.4 Å². The third-order valence-corrected chi connectivity index (χ3v) is 3.51. The highest BCUT2D eigenvalue weighted by molar-refractivity contribution is 6.03. The summed E-state index contributed by atoms with van der Waals surface area (Å²) in [4.78, 5) is 20.7. The Balaban J connectivity index is 1.75. The number of benzene rings is 2. The number of nitriles is 1. The van der Waals surface area contributed by atoms with Crippen LogP contribution in [0.15, 0.2) is 60.8 Å². The highest BCUT2D eigenvalue weighted by atomic mass is 16.5. The van der Waals surface area contributed by atoms with Crippen molar-refractivity contribution in [2.24, 2.45) is 0 Å². The second-order valence-electron chi connectivity index (χ2n) is 5.23. The Labute approximate surface area is 150 Å². The van der Waals surface area contributed by atoms with Gasteiger partial charge in [-0.15, -0.1) is 0 Å². The van der Waals surface area contributed by atoms with Gasteiger partial charge in [0.15, 0.2) is 0 Å². The predicted octanol–water partition coefficient (Wildman–Crippen LogP) is 3.35. The Morgan fingerprint density at radius 3 is 2.62 bits per heavy atom. The van der Waals surface area contributed by atoms with Gasteiger partial charge in [-0.25, -0.2) is 9.97 Å². The number of para-hydroxylation sites is 2. The van der Waals surface area contributed by atoms with Crippen LogP contribution in [0.2, 0.25) is 0 Å². The van der Waals surface area contributed by atoms with Gasteiger partial charge in [-0.05, 0) is 42.5 Å². The molecule has 0 aliphatic carbocycles. The maximum atomic E-state index is 12.4. The van der Waals surface area contributed by atoms with Crippen LogP contribution in [0.5, 0.6) is 5.75 Å². The highest BCUT2D eigenvalue weighted by Gasteiger charge is 2.10. The SMILES string of the molecule is COc1ccccc1Nc1nccc(C(=O)Nc2ccc(C#N)cc2)n1. The number of carbonyl (C=O) groups is 1. The van der Waals surface area contributed by atoms with Crippen LogP contribution in [-0.4, -0.2) is 23.0 Å². The molecule has 1 amide bonds. The lowest BCUT2D eigenvalue weighted by Crippen LogP contribution is -2.14. The van der Waals surface area contributed by atoms with Crippen LogP contribution in [0.1, 0.15) is 16.1 Å². The summed E-state index contributed by atoms with van der Waals surface area (Å²) < 4.78 is 5.27. The summed E-state index contributed by atoms with van der Waals surface area (Å²) in [6.07, 6.45) is 1.50. The van der Waals surface area contributed by atoms with Gasteiger partial charge in [0.1, 0.15) is 11.4 Å². The molecule has 1 aromatic heterocycles. The molecule has 1 heterocycles. The smallest absolute Gasteiger partial charge is 0.274 e. The normalized spacial score (nSPS) is 9.85. The average Bonchev–Trinajstić information content (AvgIpc) is 2.69. The molecule has 0 unspecified atom stereocenters. The topological polar surface area (TPSA) is 99.9 Å². The third-order valence-electron chi connectivity index (χ3n) is 3.51. The fourth-order valence-electron chi connectivity index (χ4n) is 2.24. The lowest BCUT2D eigenvalue weighted by atomic mass is 10.2. The molecule has 0 radical (unpaired) electrons. The Kier molecular flexibility index (Phi) is 5.05. The summed E-state index contributed by atoms with van der Waals surface area (Å²) >= 11 is 0. The summed E-state index contributed by atoms with van der Waals surface area (Å²) in [6, 6.07) is 17.5. The van der Waals surface area contributed by atoms with Gasteiger partial charge in [-0.1, -0.05) is 12.1 Å². The van der Waals surface area contributed by atoms with Crippen molar-refractivity contribution >= 4 is 23.2 Å². The molecule has 7 heteroatoms. The molecule has 3 rings (SSSR count). The lowest BCUT2D eigenvalue weighted by Gasteiger charge is -2.10. The minimum Gasteiger partial charge on any atom is -0.495 e. The number of nitrogens with one attached hydrogen (secondary N) is 2. The maximum Gasteiger partial charge on any atom is 0.274 e. The van der Waals surface area contributed by atoms with Crippen LogP contribution in [-0.2, 0) is 0 Å². The zero-order chi connectivity index (χ0) is 18.4. The molecule has 0 fully saturated rings.